The second-order valence-electron chi connectivity index (χ2n) is 5.54. The van der Waals surface area contributed by atoms with Crippen molar-refractivity contribution >= 4 is 23.9 Å². The van der Waals surface area contributed by atoms with Crippen molar-refractivity contribution < 1.29 is 9.72 Å². The molecule has 1 aliphatic carbocycles. The maximum Gasteiger partial charge on any atom is 0.270 e. The number of ketones is 1. The zero-order valence-electron chi connectivity index (χ0n) is 12.4. The van der Waals surface area contributed by atoms with Crippen LogP contribution in [0.1, 0.15) is 17.5 Å². The number of nitrogens with zero attached hydrogens (tertiary/aromatic N) is 1. The number of halogens is 1. The highest BCUT2D eigenvalue weighted by Crippen LogP contribution is 2.31. The van der Waals surface area contributed by atoms with Crippen LogP contribution in [0.3, 0.4) is 0 Å². The first-order valence-electron chi connectivity index (χ1n) is 7.20. The number of Topliss-reactive ketones (excluding diaryl/α,β-unsaturated/α-hetero) is 1. The van der Waals surface area contributed by atoms with Crippen LogP contribution in [0.25, 0.3) is 11.1 Å². The molecule has 0 radical (unpaired) electrons. The maximum atomic E-state index is 12.1. The van der Waals surface area contributed by atoms with Gasteiger partial charge in [-0.05, 0) is 35.1 Å². The third-order valence-corrected chi connectivity index (χ3v) is 4.13. The summed E-state index contributed by atoms with van der Waals surface area (Å²) in [6.07, 6.45) is 1.69. The lowest BCUT2D eigenvalue weighted by molar-refractivity contribution is -0.384. The summed E-state index contributed by atoms with van der Waals surface area (Å²) in [5, 5.41) is 11.0. The molecule has 0 spiro atoms. The predicted octanol–water partition coefficient (Wildman–Crippen LogP) is 3.07. The second kappa shape index (κ2) is 6.89. The van der Waals surface area contributed by atoms with Crippen LogP contribution in [0.4, 0.5) is 5.69 Å². The molecule has 0 aromatic heterocycles. The molecule has 1 aliphatic rings. The summed E-state index contributed by atoms with van der Waals surface area (Å²) in [7, 11) is 0. The van der Waals surface area contributed by atoms with Crippen LogP contribution in [0.15, 0.2) is 42.5 Å². The van der Waals surface area contributed by atoms with Crippen LogP contribution in [0.5, 0.6) is 0 Å². The van der Waals surface area contributed by atoms with E-state index in [2.05, 4.69) is 0 Å². The molecule has 5 nitrogen and oxygen atoms in total. The van der Waals surface area contributed by atoms with Gasteiger partial charge in [-0.3, -0.25) is 14.9 Å². The van der Waals surface area contributed by atoms with Gasteiger partial charge in [0.05, 0.1) is 11.0 Å². The van der Waals surface area contributed by atoms with Gasteiger partial charge in [0.1, 0.15) is 0 Å². The largest absolute Gasteiger partial charge is 0.321 e. The Hall–Kier alpha value is -2.24. The van der Waals surface area contributed by atoms with Crippen molar-refractivity contribution in [3.8, 4) is 11.1 Å². The van der Waals surface area contributed by atoms with Gasteiger partial charge in [0.2, 0.25) is 0 Å². The minimum atomic E-state index is -0.426. The number of nitrogens with two attached hydrogens (primary N) is 1. The number of fused-ring (bicyclic) bond motifs is 1. The molecule has 3 rings (SSSR count). The standard InChI is InChI=1S/C17H16N2O3.ClH/c18-16-8-7-11-3-2-6-14(15(11)10-17(16)20)12-4-1-5-13(9-12)19(21)22;/h1-6,9,16H,7-8,10,18H2;1H. The lowest BCUT2D eigenvalue weighted by Crippen LogP contribution is -2.30. The lowest BCUT2D eigenvalue weighted by Gasteiger charge is -2.12. The maximum absolute atomic E-state index is 12.1. The smallest absolute Gasteiger partial charge is 0.270 e. The fourth-order valence-electron chi connectivity index (χ4n) is 2.91. The van der Waals surface area contributed by atoms with Crippen molar-refractivity contribution in [3.63, 3.8) is 0 Å². The zero-order valence-corrected chi connectivity index (χ0v) is 13.2. The van der Waals surface area contributed by atoms with Crippen molar-refractivity contribution in [2.24, 2.45) is 5.73 Å². The van der Waals surface area contributed by atoms with E-state index in [9.17, 15) is 14.9 Å². The molecule has 0 bridgehead atoms. The fourth-order valence-corrected chi connectivity index (χ4v) is 2.91. The Morgan fingerprint density at radius 2 is 1.91 bits per heavy atom. The SMILES string of the molecule is Cl.NC1CCc2cccc(-c3cccc([N+](=O)[O-])c3)c2CC1=O. The normalized spacial score (nSPS) is 16.9. The number of nitro benzene ring substituents is 1. The first-order valence-corrected chi connectivity index (χ1v) is 7.20. The summed E-state index contributed by atoms with van der Waals surface area (Å²) in [5.41, 5.74) is 9.60. The average Bonchev–Trinajstić information content (AvgIpc) is 2.67. The van der Waals surface area contributed by atoms with Gasteiger partial charge >= 0.3 is 0 Å². The summed E-state index contributed by atoms with van der Waals surface area (Å²) in [6, 6.07) is 11.9. The van der Waals surface area contributed by atoms with Gasteiger partial charge in [0.15, 0.2) is 5.78 Å². The predicted molar refractivity (Wildman–Crippen MR) is 90.8 cm³/mol. The lowest BCUT2D eigenvalue weighted by atomic mass is 9.92. The third-order valence-electron chi connectivity index (χ3n) is 4.13. The van der Waals surface area contributed by atoms with Crippen LogP contribution in [-0.4, -0.2) is 16.7 Å². The van der Waals surface area contributed by atoms with E-state index in [4.69, 9.17) is 5.73 Å². The summed E-state index contributed by atoms with van der Waals surface area (Å²) in [4.78, 5) is 22.6. The molecule has 2 aromatic rings. The van der Waals surface area contributed by atoms with E-state index in [0.717, 1.165) is 28.7 Å². The quantitative estimate of drug-likeness (QED) is 0.520. The van der Waals surface area contributed by atoms with Crippen molar-refractivity contribution in [1.82, 2.24) is 0 Å². The Kier molecular flexibility index (Phi) is 5.13. The number of nitro groups is 1. The van der Waals surface area contributed by atoms with E-state index >= 15 is 0 Å². The van der Waals surface area contributed by atoms with Crippen LogP contribution >= 0.6 is 12.4 Å². The monoisotopic (exact) mass is 332 g/mol. The first-order chi connectivity index (χ1) is 10.6. The molecule has 0 aliphatic heterocycles. The van der Waals surface area contributed by atoms with E-state index in [1.54, 1.807) is 12.1 Å². The van der Waals surface area contributed by atoms with Crippen molar-refractivity contribution in [2.75, 3.05) is 0 Å². The Labute approximate surface area is 140 Å². The molecule has 120 valence electrons. The number of carbonyl (C=O) groups is 1. The Morgan fingerprint density at radius 1 is 1.17 bits per heavy atom. The van der Waals surface area contributed by atoms with Crippen LogP contribution in [0, 0.1) is 10.1 Å². The van der Waals surface area contributed by atoms with E-state index < -0.39 is 11.0 Å². The highest BCUT2D eigenvalue weighted by atomic mass is 35.5. The Balaban J connectivity index is 0.00000192. The van der Waals surface area contributed by atoms with Crippen molar-refractivity contribution in [2.45, 2.75) is 25.3 Å². The van der Waals surface area contributed by atoms with E-state index in [0.29, 0.717) is 6.42 Å². The Morgan fingerprint density at radius 3 is 2.65 bits per heavy atom. The molecular formula is C17H17ClN2O3. The molecule has 0 saturated heterocycles. The number of hydrogen-bond donors (Lipinski definition) is 1. The van der Waals surface area contributed by atoms with Crippen molar-refractivity contribution in [3.05, 3.63) is 63.7 Å². The van der Waals surface area contributed by atoms with Gasteiger partial charge < -0.3 is 5.73 Å². The van der Waals surface area contributed by atoms with Crippen LogP contribution in [-0.2, 0) is 17.6 Å². The number of rotatable bonds is 2. The number of aryl methyl sites for hydroxylation is 1. The zero-order chi connectivity index (χ0) is 15.7. The number of hydrogen-bond acceptors (Lipinski definition) is 4. The van der Waals surface area contributed by atoms with E-state index in [1.807, 2.05) is 24.3 Å². The minimum absolute atomic E-state index is 0. The number of benzene rings is 2. The summed E-state index contributed by atoms with van der Waals surface area (Å²) in [5.74, 6) is 0.0247. The summed E-state index contributed by atoms with van der Waals surface area (Å²) in [6.45, 7) is 0. The van der Waals surface area contributed by atoms with Crippen LogP contribution < -0.4 is 5.73 Å². The molecule has 0 heterocycles. The van der Waals surface area contributed by atoms with Gasteiger partial charge in [-0.2, -0.15) is 0 Å². The van der Waals surface area contributed by atoms with Gasteiger partial charge in [-0.25, -0.2) is 0 Å². The molecule has 0 amide bonds. The molecule has 6 heteroatoms. The van der Waals surface area contributed by atoms with Gasteiger partial charge in [-0.1, -0.05) is 30.3 Å². The molecule has 1 unspecified atom stereocenters. The highest BCUT2D eigenvalue weighted by Gasteiger charge is 2.23. The average molecular weight is 333 g/mol. The first kappa shape index (κ1) is 17.1. The molecule has 0 saturated carbocycles. The Bertz CT molecular complexity index is 761. The van der Waals surface area contributed by atoms with Gasteiger partial charge in [-0.15, -0.1) is 12.4 Å². The van der Waals surface area contributed by atoms with Gasteiger partial charge in [0.25, 0.3) is 5.69 Å². The number of non-ortho nitro benzene ring substituents is 1. The van der Waals surface area contributed by atoms with E-state index in [-0.39, 0.29) is 30.3 Å². The topological polar surface area (TPSA) is 86.2 Å². The highest BCUT2D eigenvalue weighted by molar-refractivity contribution is 5.89. The van der Waals surface area contributed by atoms with Crippen molar-refractivity contribution in [1.29, 1.82) is 0 Å². The molecule has 1 atom stereocenters. The van der Waals surface area contributed by atoms with Crippen LogP contribution in [0.2, 0.25) is 0 Å². The van der Waals surface area contributed by atoms with E-state index in [1.165, 1.54) is 6.07 Å². The molecular weight excluding hydrogens is 316 g/mol. The van der Waals surface area contributed by atoms with Gasteiger partial charge in [0, 0.05) is 18.6 Å². The second-order valence-corrected chi connectivity index (χ2v) is 5.54. The molecule has 0 fully saturated rings. The summed E-state index contributed by atoms with van der Waals surface area (Å²) >= 11 is 0. The third kappa shape index (κ3) is 3.41. The fraction of sp³-hybridized carbons (Fsp3) is 0.235. The molecule has 23 heavy (non-hydrogen) atoms. The molecule has 2 aromatic carbocycles. The minimum Gasteiger partial charge on any atom is -0.321 e. The molecule has 2 N–H and O–H groups in total. The summed E-state index contributed by atoms with van der Waals surface area (Å²) < 4.78 is 0. The number of carbonyl (C=O) groups excluding carboxylic acids is 1.